The van der Waals surface area contributed by atoms with Crippen molar-refractivity contribution in [2.75, 3.05) is 0 Å². The van der Waals surface area contributed by atoms with E-state index in [9.17, 15) is 9.59 Å². The molecule has 0 aliphatic heterocycles. The number of hydrogen-bond acceptors (Lipinski definition) is 6. The van der Waals surface area contributed by atoms with E-state index in [-0.39, 0.29) is 17.0 Å². The van der Waals surface area contributed by atoms with Gasteiger partial charge in [-0.25, -0.2) is 4.98 Å². The maximum atomic E-state index is 13.3. The number of aryl methyl sites for hydroxylation is 1. The van der Waals surface area contributed by atoms with Crippen LogP contribution in [0.2, 0.25) is 0 Å². The molecule has 5 aromatic rings. The molecular weight excluding hydrogens is 434 g/mol. The second-order valence-electron chi connectivity index (χ2n) is 7.64. The Kier molecular flexibility index (Phi) is 5.99. The molecule has 0 N–H and O–H groups in total. The molecule has 0 bridgehead atoms. The highest BCUT2D eigenvalue weighted by Crippen LogP contribution is 2.20. The number of nitrogens with zero attached hydrogens (tertiary/aromatic N) is 5. The summed E-state index contributed by atoms with van der Waals surface area (Å²) in [5.74, 6) is 0.208. The van der Waals surface area contributed by atoms with Crippen LogP contribution >= 0.6 is 11.8 Å². The van der Waals surface area contributed by atoms with Crippen LogP contribution in [0.1, 0.15) is 12.0 Å². The largest absolute Gasteiger partial charge is 0.287 e. The van der Waals surface area contributed by atoms with Crippen molar-refractivity contribution in [1.29, 1.82) is 0 Å². The molecule has 0 saturated carbocycles. The van der Waals surface area contributed by atoms with Crippen LogP contribution in [0, 0.1) is 0 Å². The van der Waals surface area contributed by atoms with E-state index in [0.29, 0.717) is 33.5 Å². The van der Waals surface area contributed by atoms with Gasteiger partial charge in [0.2, 0.25) is 0 Å². The summed E-state index contributed by atoms with van der Waals surface area (Å²) < 4.78 is 3.01. The summed E-state index contributed by atoms with van der Waals surface area (Å²) in [5.41, 5.74) is 2.14. The molecule has 0 aliphatic rings. The lowest BCUT2D eigenvalue weighted by Gasteiger charge is -2.13. The van der Waals surface area contributed by atoms with Gasteiger partial charge in [0.05, 0.1) is 22.2 Å². The van der Waals surface area contributed by atoms with Crippen molar-refractivity contribution in [1.82, 2.24) is 24.5 Å². The summed E-state index contributed by atoms with van der Waals surface area (Å²) in [5, 5.41) is 9.86. The minimum absolute atomic E-state index is 0.0758. The molecule has 0 unspecified atom stereocenters. The average Bonchev–Trinajstić information content (AvgIpc) is 2.86. The van der Waals surface area contributed by atoms with E-state index in [0.717, 1.165) is 12.8 Å². The highest BCUT2D eigenvalue weighted by molar-refractivity contribution is 7.98. The summed E-state index contributed by atoms with van der Waals surface area (Å²) in [4.78, 5) is 30.8. The molecule has 0 amide bonds. The summed E-state index contributed by atoms with van der Waals surface area (Å²) in [6.07, 6.45) is 1.66. The molecule has 0 aliphatic carbocycles. The van der Waals surface area contributed by atoms with Crippen molar-refractivity contribution in [2.24, 2.45) is 0 Å². The van der Waals surface area contributed by atoms with Gasteiger partial charge in [0.1, 0.15) is 5.52 Å². The molecule has 8 heteroatoms. The van der Waals surface area contributed by atoms with E-state index in [1.165, 1.54) is 22.0 Å². The van der Waals surface area contributed by atoms with Crippen molar-refractivity contribution in [3.8, 4) is 0 Å². The Bertz CT molecular complexity index is 1550. The fourth-order valence-corrected chi connectivity index (χ4v) is 4.67. The quantitative estimate of drug-likeness (QED) is 0.274. The van der Waals surface area contributed by atoms with Crippen LogP contribution in [-0.2, 0) is 18.8 Å². The molecular formula is C25H21N5O2S. The Morgan fingerprint density at radius 2 is 1.42 bits per heavy atom. The summed E-state index contributed by atoms with van der Waals surface area (Å²) in [7, 11) is 0. The predicted octanol–water partition coefficient (Wildman–Crippen LogP) is 3.88. The molecule has 5 rings (SSSR count). The number of aromatic nitrogens is 5. The lowest BCUT2D eigenvalue weighted by Crippen LogP contribution is -2.26. The minimum atomic E-state index is -0.216. The Balaban J connectivity index is 1.45. The fourth-order valence-electron chi connectivity index (χ4n) is 3.77. The molecule has 3 aromatic carbocycles. The van der Waals surface area contributed by atoms with Gasteiger partial charge in [-0.1, -0.05) is 71.6 Å². The Labute approximate surface area is 193 Å². The topological polar surface area (TPSA) is 82.7 Å². The third-order valence-corrected chi connectivity index (χ3v) is 6.41. The van der Waals surface area contributed by atoms with Gasteiger partial charge in [0, 0.05) is 6.54 Å². The van der Waals surface area contributed by atoms with E-state index < -0.39 is 0 Å². The first-order chi connectivity index (χ1) is 16.2. The second kappa shape index (κ2) is 9.38. The van der Waals surface area contributed by atoms with Crippen LogP contribution in [-0.4, -0.2) is 24.5 Å². The lowest BCUT2D eigenvalue weighted by molar-refractivity contribution is 0.561. The second-order valence-corrected chi connectivity index (χ2v) is 8.55. The molecule has 0 fully saturated rings. The smallest absolute Gasteiger partial charge is 0.278 e. The molecule has 0 spiro atoms. The third-order valence-electron chi connectivity index (χ3n) is 5.46. The SMILES string of the molecule is O=c1c2ccccc2nnn1CSc1nc2ccccc2c(=O)n1CCCc1ccccc1. The number of rotatable bonds is 7. The lowest BCUT2D eigenvalue weighted by atomic mass is 10.1. The molecule has 0 saturated heterocycles. The summed E-state index contributed by atoms with van der Waals surface area (Å²) >= 11 is 1.31. The van der Waals surface area contributed by atoms with Crippen LogP contribution in [0.5, 0.6) is 0 Å². The number of benzene rings is 3. The van der Waals surface area contributed by atoms with Gasteiger partial charge in [0.25, 0.3) is 11.1 Å². The van der Waals surface area contributed by atoms with Crippen LogP contribution in [0.3, 0.4) is 0 Å². The van der Waals surface area contributed by atoms with Crippen molar-refractivity contribution >= 4 is 33.6 Å². The standard InChI is InChI=1S/C25H21N5O2S/c31-23-19-12-4-6-14-21(19)26-25(29(23)16-8-11-18-9-2-1-3-10-18)33-17-30-24(32)20-13-5-7-15-22(20)27-28-30/h1-7,9-10,12-15H,8,11,16-17H2. The van der Waals surface area contributed by atoms with Crippen molar-refractivity contribution in [3.05, 3.63) is 105 Å². The van der Waals surface area contributed by atoms with Crippen molar-refractivity contribution in [3.63, 3.8) is 0 Å². The van der Waals surface area contributed by atoms with Crippen molar-refractivity contribution in [2.45, 2.75) is 30.4 Å². The van der Waals surface area contributed by atoms with Gasteiger partial charge in [0.15, 0.2) is 5.16 Å². The number of thioether (sulfide) groups is 1. The zero-order valence-electron chi connectivity index (χ0n) is 17.8. The fraction of sp³-hybridized carbons (Fsp3) is 0.160. The third kappa shape index (κ3) is 4.42. The van der Waals surface area contributed by atoms with E-state index >= 15 is 0 Å². The van der Waals surface area contributed by atoms with E-state index in [1.54, 1.807) is 28.8 Å². The van der Waals surface area contributed by atoms with Gasteiger partial charge in [-0.05, 0) is 42.7 Å². The van der Waals surface area contributed by atoms with Crippen LogP contribution in [0.25, 0.3) is 21.8 Å². The molecule has 33 heavy (non-hydrogen) atoms. The van der Waals surface area contributed by atoms with E-state index in [4.69, 9.17) is 4.98 Å². The molecule has 2 aromatic heterocycles. The average molecular weight is 456 g/mol. The maximum absolute atomic E-state index is 13.3. The van der Waals surface area contributed by atoms with Gasteiger partial charge in [-0.3, -0.25) is 14.2 Å². The maximum Gasteiger partial charge on any atom is 0.278 e. The molecule has 0 atom stereocenters. The monoisotopic (exact) mass is 455 g/mol. The van der Waals surface area contributed by atoms with Crippen molar-refractivity contribution < 1.29 is 0 Å². The van der Waals surface area contributed by atoms with Gasteiger partial charge >= 0.3 is 0 Å². The van der Waals surface area contributed by atoms with E-state index in [1.807, 2.05) is 42.5 Å². The Morgan fingerprint density at radius 1 is 0.758 bits per heavy atom. The number of hydrogen-bond donors (Lipinski definition) is 0. The molecule has 0 radical (unpaired) electrons. The summed E-state index contributed by atoms with van der Waals surface area (Å²) in [6, 6.07) is 24.7. The summed E-state index contributed by atoms with van der Waals surface area (Å²) in [6.45, 7) is 0.534. The Morgan fingerprint density at radius 3 is 2.21 bits per heavy atom. The zero-order valence-corrected chi connectivity index (χ0v) is 18.6. The first-order valence-corrected chi connectivity index (χ1v) is 11.7. The van der Waals surface area contributed by atoms with Gasteiger partial charge < -0.3 is 0 Å². The Hall–Kier alpha value is -3.78. The minimum Gasteiger partial charge on any atom is -0.287 e. The van der Waals surface area contributed by atoms with Gasteiger partial charge in [-0.15, -0.1) is 5.10 Å². The number of para-hydroxylation sites is 1. The molecule has 2 heterocycles. The highest BCUT2D eigenvalue weighted by Gasteiger charge is 2.13. The van der Waals surface area contributed by atoms with Crippen LogP contribution < -0.4 is 11.1 Å². The van der Waals surface area contributed by atoms with E-state index in [2.05, 4.69) is 22.4 Å². The zero-order chi connectivity index (χ0) is 22.6. The molecule has 164 valence electrons. The van der Waals surface area contributed by atoms with Crippen LogP contribution in [0.4, 0.5) is 0 Å². The normalized spacial score (nSPS) is 11.3. The van der Waals surface area contributed by atoms with Crippen LogP contribution in [0.15, 0.2) is 93.6 Å². The highest BCUT2D eigenvalue weighted by atomic mass is 32.2. The van der Waals surface area contributed by atoms with Gasteiger partial charge in [-0.2, -0.15) is 4.68 Å². The number of fused-ring (bicyclic) bond motifs is 2. The molecule has 7 nitrogen and oxygen atoms in total. The first kappa shape index (κ1) is 21.1. The first-order valence-electron chi connectivity index (χ1n) is 10.7. The predicted molar refractivity (Wildman–Crippen MR) is 130 cm³/mol.